The Morgan fingerprint density at radius 3 is 2.33 bits per heavy atom. The molecule has 1 fully saturated rings. The molecule has 0 spiro atoms. The van der Waals surface area contributed by atoms with Crippen LogP contribution in [0.5, 0.6) is 5.75 Å². The van der Waals surface area contributed by atoms with Gasteiger partial charge in [-0.15, -0.1) is 0 Å². The standard InChI is InChI=1S/C28H34Cl2N4O4S/c1-2-3-4-5-9-18-38-27-26(20-31-34(28(27)35)23-12-13-24(29)25(30)19-23)32-14-16-33(17-15-32)39(36,37)21-22-10-7-6-8-11-22/h6-8,10-13,19-20H,2-5,9,14-18,21H2,1H3. The van der Waals surface area contributed by atoms with Crippen LogP contribution in [0.15, 0.2) is 59.5 Å². The van der Waals surface area contributed by atoms with Crippen molar-refractivity contribution in [2.45, 2.75) is 44.8 Å². The van der Waals surface area contributed by atoms with Crippen LogP contribution < -0.4 is 15.2 Å². The lowest BCUT2D eigenvalue weighted by Crippen LogP contribution is -2.49. The Morgan fingerprint density at radius 1 is 0.923 bits per heavy atom. The second-order valence-corrected chi connectivity index (χ2v) is 12.3. The molecule has 1 aliphatic rings. The minimum Gasteiger partial charge on any atom is -0.486 e. The SMILES string of the molecule is CCCCCCCOc1c(N2CCN(S(=O)(=O)Cc3ccccc3)CC2)cnn(-c2ccc(Cl)c(Cl)c2)c1=O. The third-order valence-electron chi connectivity index (χ3n) is 6.72. The quantitative estimate of drug-likeness (QED) is 0.257. The van der Waals surface area contributed by atoms with Crippen LogP contribution in [0.4, 0.5) is 5.69 Å². The van der Waals surface area contributed by atoms with Crippen LogP contribution in [0.25, 0.3) is 5.69 Å². The number of piperazine rings is 1. The summed E-state index contributed by atoms with van der Waals surface area (Å²) < 4.78 is 34.9. The van der Waals surface area contributed by atoms with Crippen molar-refractivity contribution in [2.24, 2.45) is 0 Å². The molecule has 1 aliphatic heterocycles. The van der Waals surface area contributed by atoms with Crippen molar-refractivity contribution < 1.29 is 13.2 Å². The van der Waals surface area contributed by atoms with Crippen molar-refractivity contribution in [1.29, 1.82) is 0 Å². The molecule has 0 aliphatic carbocycles. The molecule has 3 aromatic rings. The molecule has 8 nitrogen and oxygen atoms in total. The van der Waals surface area contributed by atoms with E-state index in [-0.39, 0.29) is 11.5 Å². The topological polar surface area (TPSA) is 84.7 Å². The summed E-state index contributed by atoms with van der Waals surface area (Å²) in [6.45, 7) is 4.02. The van der Waals surface area contributed by atoms with Crippen LogP contribution >= 0.6 is 23.2 Å². The molecule has 0 N–H and O–H groups in total. The largest absolute Gasteiger partial charge is 0.486 e. The molecule has 0 atom stereocenters. The first kappa shape index (κ1) is 29.4. The highest BCUT2D eigenvalue weighted by Gasteiger charge is 2.29. The lowest BCUT2D eigenvalue weighted by atomic mass is 10.2. The molecule has 2 heterocycles. The molecular weight excluding hydrogens is 559 g/mol. The van der Waals surface area contributed by atoms with Crippen LogP contribution in [0.1, 0.15) is 44.6 Å². The van der Waals surface area contributed by atoms with Gasteiger partial charge in [0.2, 0.25) is 15.8 Å². The molecule has 210 valence electrons. The van der Waals surface area contributed by atoms with E-state index in [9.17, 15) is 13.2 Å². The summed E-state index contributed by atoms with van der Waals surface area (Å²) in [6, 6.07) is 14.0. The zero-order chi connectivity index (χ0) is 27.8. The summed E-state index contributed by atoms with van der Waals surface area (Å²) in [4.78, 5) is 15.6. The van der Waals surface area contributed by atoms with Crippen LogP contribution in [-0.4, -0.2) is 55.3 Å². The number of ether oxygens (including phenoxy) is 1. The monoisotopic (exact) mass is 592 g/mol. The third-order valence-corrected chi connectivity index (χ3v) is 9.31. The minimum atomic E-state index is -3.47. The lowest BCUT2D eigenvalue weighted by Gasteiger charge is -2.35. The maximum Gasteiger partial charge on any atom is 0.316 e. The van der Waals surface area contributed by atoms with Gasteiger partial charge in [0, 0.05) is 26.2 Å². The van der Waals surface area contributed by atoms with Gasteiger partial charge < -0.3 is 9.64 Å². The number of sulfonamides is 1. The summed E-state index contributed by atoms with van der Waals surface area (Å²) >= 11 is 12.2. The smallest absolute Gasteiger partial charge is 0.316 e. The molecule has 2 aromatic carbocycles. The van der Waals surface area contributed by atoms with E-state index in [0.717, 1.165) is 31.2 Å². The summed E-state index contributed by atoms with van der Waals surface area (Å²) in [5.41, 5.74) is 1.39. The van der Waals surface area contributed by atoms with Gasteiger partial charge in [-0.05, 0) is 30.2 Å². The molecule has 1 aromatic heterocycles. The van der Waals surface area contributed by atoms with Crippen LogP contribution in [0, 0.1) is 0 Å². The maximum atomic E-state index is 13.6. The van der Waals surface area contributed by atoms with Crippen LogP contribution in [0.3, 0.4) is 0 Å². The van der Waals surface area contributed by atoms with Crippen molar-refractivity contribution in [2.75, 3.05) is 37.7 Å². The fourth-order valence-corrected chi connectivity index (χ4v) is 6.36. The Kier molecular flexibility index (Phi) is 10.3. The van der Waals surface area contributed by atoms with Gasteiger partial charge in [-0.1, -0.05) is 86.1 Å². The van der Waals surface area contributed by atoms with E-state index >= 15 is 0 Å². The summed E-state index contributed by atoms with van der Waals surface area (Å²) in [6.07, 6.45) is 6.89. The molecule has 0 radical (unpaired) electrons. The highest BCUT2D eigenvalue weighted by Crippen LogP contribution is 2.28. The van der Waals surface area contributed by atoms with Crippen molar-refractivity contribution in [3.05, 3.63) is 80.7 Å². The molecule has 39 heavy (non-hydrogen) atoms. The van der Waals surface area contributed by atoms with E-state index in [4.69, 9.17) is 27.9 Å². The van der Waals surface area contributed by atoms with Gasteiger partial charge in [0.05, 0.1) is 34.3 Å². The van der Waals surface area contributed by atoms with Crippen LogP contribution in [-0.2, 0) is 15.8 Å². The third kappa shape index (κ3) is 7.54. The highest BCUT2D eigenvalue weighted by molar-refractivity contribution is 7.88. The first-order valence-corrected chi connectivity index (χ1v) is 15.6. The van der Waals surface area contributed by atoms with Gasteiger partial charge in [-0.2, -0.15) is 14.1 Å². The molecule has 0 amide bonds. The first-order valence-electron chi connectivity index (χ1n) is 13.3. The number of nitrogens with zero attached hydrogens (tertiary/aromatic N) is 4. The second-order valence-electron chi connectivity index (χ2n) is 9.56. The van der Waals surface area contributed by atoms with Gasteiger partial charge in [-0.25, -0.2) is 8.42 Å². The molecule has 0 unspecified atom stereocenters. The van der Waals surface area contributed by atoms with E-state index in [0.29, 0.717) is 54.2 Å². The first-order chi connectivity index (χ1) is 18.8. The van der Waals surface area contributed by atoms with Crippen molar-refractivity contribution in [3.8, 4) is 11.4 Å². The fraction of sp³-hybridized carbons (Fsp3) is 0.429. The van der Waals surface area contributed by atoms with E-state index in [1.165, 1.54) is 15.4 Å². The predicted molar refractivity (Wildman–Crippen MR) is 157 cm³/mol. The summed E-state index contributed by atoms with van der Waals surface area (Å²) in [5, 5.41) is 5.10. The van der Waals surface area contributed by atoms with E-state index in [2.05, 4.69) is 12.0 Å². The Balaban J connectivity index is 1.53. The number of rotatable bonds is 12. The van der Waals surface area contributed by atoms with Gasteiger partial charge in [-0.3, -0.25) is 4.79 Å². The zero-order valence-electron chi connectivity index (χ0n) is 22.1. The van der Waals surface area contributed by atoms with E-state index in [1.54, 1.807) is 24.4 Å². The molecule has 0 saturated carbocycles. The number of halogens is 2. The van der Waals surface area contributed by atoms with Gasteiger partial charge in [0.25, 0.3) is 0 Å². The van der Waals surface area contributed by atoms with Crippen molar-refractivity contribution in [1.82, 2.24) is 14.1 Å². The number of aromatic nitrogens is 2. The molecule has 0 bridgehead atoms. The Morgan fingerprint density at radius 2 is 1.64 bits per heavy atom. The fourth-order valence-electron chi connectivity index (χ4n) is 4.55. The zero-order valence-corrected chi connectivity index (χ0v) is 24.4. The molecule has 1 saturated heterocycles. The van der Waals surface area contributed by atoms with Crippen molar-refractivity contribution in [3.63, 3.8) is 0 Å². The van der Waals surface area contributed by atoms with E-state index < -0.39 is 15.6 Å². The van der Waals surface area contributed by atoms with Gasteiger partial charge in [0.1, 0.15) is 5.69 Å². The number of hydrogen-bond donors (Lipinski definition) is 0. The molecular formula is C28H34Cl2N4O4S. The van der Waals surface area contributed by atoms with Gasteiger partial charge in [0.15, 0.2) is 0 Å². The normalized spacial score (nSPS) is 14.5. The Labute approximate surface area is 240 Å². The lowest BCUT2D eigenvalue weighted by molar-refractivity contribution is 0.297. The molecule has 11 heteroatoms. The number of anilines is 1. The maximum absolute atomic E-state index is 13.6. The predicted octanol–water partition coefficient (Wildman–Crippen LogP) is 5.54. The van der Waals surface area contributed by atoms with E-state index in [1.807, 2.05) is 35.2 Å². The van der Waals surface area contributed by atoms with Crippen molar-refractivity contribution >= 4 is 38.9 Å². The minimum absolute atomic E-state index is 0.0402. The number of benzene rings is 2. The average molecular weight is 594 g/mol. The second kappa shape index (κ2) is 13.7. The Bertz CT molecular complexity index is 1410. The summed E-state index contributed by atoms with van der Waals surface area (Å²) in [7, 11) is -3.47. The summed E-state index contributed by atoms with van der Waals surface area (Å²) in [5.74, 6) is 0.161. The highest BCUT2D eigenvalue weighted by atomic mass is 35.5. The Hall–Kier alpha value is -2.59. The number of hydrogen-bond acceptors (Lipinski definition) is 6. The number of unbranched alkanes of at least 4 members (excludes halogenated alkanes) is 4. The molecule has 4 rings (SSSR count). The van der Waals surface area contributed by atoms with Gasteiger partial charge >= 0.3 is 5.56 Å². The average Bonchev–Trinajstić information content (AvgIpc) is 2.93. The van der Waals surface area contributed by atoms with Crippen LogP contribution in [0.2, 0.25) is 10.0 Å².